The lowest BCUT2D eigenvalue weighted by Gasteiger charge is -2.08. The van der Waals surface area contributed by atoms with Crippen LogP contribution in [0.25, 0.3) is 0 Å². The molecule has 2 aliphatic heterocycles. The van der Waals surface area contributed by atoms with E-state index in [-0.39, 0.29) is 6.42 Å². The molecule has 2 aliphatic rings. The maximum absolute atomic E-state index is 12.1. The van der Waals surface area contributed by atoms with Crippen molar-refractivity contribution in [1.82, 2.24) is 0 Å². The van der Waals surface area contributed by atoms with Crippen LogP contribution in [0.3, 0.4) is 0 Å². The average molecular weight is 304 g/mol. The van der Waals surface area contributed by atoms with E-state index in [1.165, 1.54) is 6.08 Å². The third-order valence-corrected chi connectivity index (χ3v) is 3.63. The molecule has 18 heavy (non-hydrogen) atoms. The fourth-order valence-electron chi connectivity index (χ4n) is 0.933. The average Bonchev–Trinajstić information content (AvgIpc) is 2.22. The van der Waals surface area contributed by atoms with Crippen LogP contribution in [0.15, 0.2) is 23.0 Å². The molecule has 6 nitrogen and oxygen atoms in total. The summed E-state index contributed by atoms with van der Waals surface area (Å²) in [5, 5.41) is 1.57. The molecule has 0 saturated carbocycles. The van der Waals surface area contributed by atoms with Crippen molar-refractivity contribution in [3.05, 3.63) is 23.0 Å². The Hall–Kier alpha value is -0.840. The summed E-state index contributed by atoms with van der Waals surface area (Å²) in [6.45, 7) is -0.390. The van der Waals surface area contributed by atoms with E-state index in [1.54, 1.807) is 0 Å². The van der Waals surface area contributed by atoms with Gasteiger partial charge in [0.2, 0.25) is 6.36 Å². The monoisotopic (exact) mass is 304 g/mol. The number of hydrogen-bond donors (Lipinski definition) is 0. The molecule has 104 valence electrons. The van der Waals surface area contributed by atoms with Crippen LogP contribution < -0.4 is 0 Å². The Morgan fingerprint density at radius 1 is 1.06 bits per heavy atom. The summed E-state index contributed by atoms with van der Waals surface area (Å²) >= 11 is 0. The topological polar surface area (TPSA) is 86.7 Å². The molecule has 0 aromatic carbocycles. The molecule has 0 N–H and O–H groups in total. The van der Waals surface area contributed by atoms with Crippen molar-refractivity contribution in [3.8, 4) is 0 Å². The van der Waals surface area contributed by atoms with E-state index < -0.39 is 39.4 Å². The van der Waals surface area contributed by atoms with Crippen LogP contribution in [-0.2, 0) is 28.6 Å². The summed E-state index contributed by atoms with van der Waals surface area (Å²) < 4.78 is 73.3. The Labute approximate surface area is 103 Å². The Morgan fingerprint density at radius 2 is 1.72 bits per heavy atom. The van der Waals surface area contributed by atoms with Crippen LogP contribution in [-0.4, -0.2) is 36.0 Å². The zero-order valence-corrected chi connectivity index (χ0v) is 10.5. The Balaban J connectivity index is 0.000000180. The minimum Gasteiger partial charge on any atom is -0.263 e. The number of halogens is 2. The zero-order valence-electron chi connectivity index (χ0n) is 8.90. The molecule has 0 fully saturated rings. The zero-order chi connectivity index (χ0) is 13.8. The van der Waals surface area contributed by atoms with E-state index in [4.69, 9.17) is 0 Å². The molecule has 0 aromatic heterocycles. The van der Waals surface area contributed by atoms with Gasteiger partial charge in [-0.2, -0.15) is 16.8 Å². The molecular formula is C8H10F2O6S2. The van der Waals surface area contributed by atoms with Gasteiger partial charge in [-0.1, -0.05) is 6.08 Å². The summed E-state index contributed by atoms with van der Waals surface area (Å²) in [6, 6.07) is 0. The quantitative estimate of drug-likeness (QED) is 0.614. The van der Waals surface area contributed by atoms with E-state index in [0.29, 0.717) is 0 Å². The molecule has 0 aliphatic carbocycles. The van der Waals surface area contributed by atoms with E-state index in [9.17, 15) is 25.6 Å². The third-order valence-electron chi connectivity index (χ3n) is 1.67. The smallest absolute Gasteiger partial charge is 0.263 e. The third kappa shape index (κ3) is 5.67. The lowest BCUT2D eigenvalue weighted by Crippen LogP contribution is -2.16. The van der Waals surface area contributed by atoms with Crippen molar-refractivity contribution in [3.63, 3.8) is 0 Å². The standard InChI is InChI=1S/2C4H5FO3S/c5-4-1-2-9(6,7)8-3-4;5-4-2-1-3-9(6,7)8-4/h1-2,4H,3H2;1,3-4H,2H2. The van der Waals surface area contributed by atoms with Crippen molar-refractivity contribution in [2.45, 2.75) is 19.0 Å². The summed E-state index contributed by atoms with van der Waals surface area (Å²) in [6.07, 6.45) is -0.782. The maximum atomic E-state index is 12.1. The molecule has 0 bridgehead atoms. The molecule has 2 heterocycles. The summed E-state index contributed by atoms with van der Waals surface area (Å²) in [5.41, 5.74) is 0. The fourth-order valence-corrected chi connectivity index (χ4v) is 2.48. The van der Waals surface area contributed by atoms with Gasteiger partial charge in [0, 0.05) is 6.42 Å². The lowest BCUT2D eigenvalue weighted by molar-refractivity contribution is 0.0764. The van der Waals surface area contributed by atoms with E-state index >= 15 is 0 Å². The van der Waals surface area contributed by atoms with Gasteiger partial charge in [0.1, 0.15) is 12.8 Å². The highest BCUT2D eigenvalue weighted by molar-refractivity contribution is 7.90. The number of alkyl halides is 2. The van der Waals surface area contributed by atoms with Gasteiger partial charge in [-0.25, -0.2) is 13.0 Å². The highest BCUT2D eigenvalue weighted by atomic mass is 32.2. The van der Waals surface area contributed by atoms with Crippen LogP contribution in [0.1, 0.15) is 6.42 Å². The van der Waals surface area contributed by atoms with Crippen molar-refractivity contribution < 1.29 is 34.0 Å². The van der Waals surface area contributed by atoms with Gasteiger partial charge in [-0.05, 0) is 6.08 Å². The molecular weight excluding hydrogens is 294 g/mol. The van der Waals surface area contributed by atoms with E-state index in [2.05, 4.69) is 8.37 Å². The predicted molar refractivity (Wildman–Crippen MR) is 57.6 cm³/mol. The van der Waals surface area contributed by atoms with E-state index in [0.717, 1.165) is 16.9 Å². The number of rotatable bonds is 0. The van der Waals surface area contributed by atoms with Gasteiger partial charge < -0.3 is 0 Å². The highest BCUT2D eigenvalue weighted by Crippen LogP contribution is 2.13. The van der Waals surface area contributed by atoms with Crippen molar-refractivity contribution in [2.24, 2.45) is 0 Å². The van der Waals surface area contributed by atoms with Crippen LogP contribution in [0.2, 0.25) is 0 Å². The van der Waals surface area contributed by atoms with Crippen LogP contribution in [0, 0.1) is 0 Å². The fraction of sp³-hybridized carbons (Fsp3) is 0.500. The first kappa shape index (κ1) is 15.2. The van der Waals surface area contributed by atoms with E-state index in [1.807, 2.05) is 0 Å². The molecule has 10 heteroatoms. The van der Waals surface area contributed by atoms with Gasteiger partial charge >= 0.3 is 0 Å². The highest BCUT2D eigenvalue weighted by Gasteiger charge is 2.19. The van der Waals surface area contributed by atoms with Gasteiger partial charge in [-0.3, -0.25) is 4.18 Å². The van der Waals surface area contributed by atoms with Gasteiger partial charge in [-0.15, -0.1) is 0 Å². The largest absolute Gasteiger partial charge is 0.292 e. The molecule has 2 atom stereocenters. The molecule has 2 unspecified atom stereocenters. The van der Waals surface area contributed by atoms with Gasteiger partial charge in [0.25, 0.3) is 20.2 Å². The molecule has 0 spiro atoms. The SMILES string of the molecule is O=S1(=O)C=CC(F)CO1.O=S1(=O)C=CCC(F)O1. The predicted octanol–water partition coefficient (Wildman–Crippen LogP) is 0.744. The van der Waals surface area contributed by atoms with Crippen molar-refractivity contribution >= 4 is 20.2 Å². The first-order chi connectivity index (χ1) is 8.20. The first-order valence-corrected chi connectivity index (χ1v) is 7.60. The second-order valence-corrected chi connectivity index (χ2v) is 6.17. The molecule has 2 rings (SSSR count). The summed E-state index contributed by atoms with van der Waals surface area (Å²) in [7, 11) is -7.22. The van der Waals surface area contributed by atoms with Crippen molar-refractivity contribution in [2.75, 3.05) is 6.61 Å². The summed E-state index contributed by atoms with van der Waals surface area (Å²) in [4.78, 5) is 0. The molecule has 0 amide bonds. The normalized spacial score (nSPS) is 32.3. The molecule has 0 saturated heterocycles. The molecule has 0 aromatic rings. The minimum absolute atomic E-state index is 0.0131. The second kappa shape index (κ2) is 5.87. The number of hydrogen-bond acceptors (Lipinski definition) is 6. The lowest BCUT2D eigenvalue weighted by atomic mass is 10.4. The second-order valence-electron chi connectivity index (χ2n) is 3.23. The van der Waals surface area contributed by atoms with Crippen LogP contribution >= 0.6 is 0 Å². The Bertz CT molecular complexity index is 536. The van der Waals surface area contributed by atoms with Crippen LogP contribution in [0.4, 0.5) is 8.78 Å². The Kier molecular flexibility index (Phi) is 4.96. The Morgan fingerprint density at radius 3 is 2.06 bits per heavy atom. The first-order valence-electron chi connectivity index (χ1n) is 4.66. The molecule has 0 radical (unpaired) electrons. The van der Waals surface area contributed by atoms with Gasteiger partial charge in [0.05, 0.1) is 10.8 Å². The van der Waals surface area contributed by atoms with Gasteiger partial charge in [0.15, 0.2) is 0 Å². The minimum atomic E-state index is -3.69. The van der Waals surface area contributed by atoms with Crippen LogP contribution in [0.5, 0.6) is 0 Å². The maximum Gasteiger partial charge on any atom is 0.292 e. The summed E-state index contributed by atoms with van der Waals surface area (Å²) in [5.74, 6) is 0. The van der Waals surface area contributed by atoms with Crippen molar-refractivity contribution in [1.29, 1.82) is 0 Å².